The van der Waals surface area contributed by atoms with Crippen LogP contribution in [0.5, 0.6) is 0 Å². The molecule has 4 aromatic rings. The van der Waals surface area contributed by atoms with Crippen molar-refractivity contribution in [3.8, 4) is 33.4 Å². The van der Waals surface area contributed by atoms with Gasteiger partial charge in [-0.1, -0.05) is 60.7 Å². The Labute approximate surface area is 186 Å². The molecule has 0 saturated heterocycles. The van der Waals surface area contributed by atoms with Gasteiger partial charge in [0.15, 0.2) is 0 Å². The molecular weight excluding hydrogens is 438 g/mol. The monoisotopic (exact) mass is 453 g/mol. The lowest BCUT2D eigenvalue weighted by Gasteiger charge is -2.20. The van der Waals surface area contributed by atoms with Crippen LogP contribution in [-0.2, 0) is 18.8 Å². The average molecular weight is 453 g/mol. The maximum atomic E-state index is 13.9. The number of fused-ring (bicyclic) bond motifs is 3. The summed E-state index contributed by atoms with van der Waals surface area (Å²) in [6.07, 6.45) is -8.89. The summed E-state index contributed by atoms with van der Waals surface area (Å²) in [7, 11) is 0. The largest absolute Gasteiger partial charge is 0.417 e. The van der Waals surface area contributed by atoms with E-state index in [-0.39, 0.29) is 22.3 Å². The first kappa shape index (κ1) is 21.3. The lowest BCUT2D eigenvalue weighted by atomic mass is 9.86. The van der Waals surface area contributed by atoms with Crippen molar-refractivity contribution < 1.29 is 26.3 Å². The highest BCUT2D eigenvalue weighted by Gasteiger charge is 2.37. The van der Waals surface area contributed by atoms with Crippen LogP contribution in [0.3, 0.4) is 0 Å². The quantitative estimate of drug-likeness (QED) is 0.235. The van der Waals surface area contributed by atoms with Crippen LogP contribution in [0.15, 0.2) is 78.9 Å². The van der Waals surface area contributed by atoms with E-state index < -0.39 is 23.5 Å². The summed E-state index contributed by atoms with van der Waals surface area (Å²) in [6.45, 7) is 0. The minimum absolute atomic E-state index is 0.00572. The molecule has 0 N–H and O–H groups in total. The minimum Gasteiger partial charge on any atom is -0.166 e. The normalized spacial score (nSPS) is 13.0. The van der Waals surface area contributed by atoms with Crippen molar-refractivity contribution in [2.45, 2.75) is 18.8 Å². The zero-order chi connectivity index (χ0) is 23.4. The van der Waals surface area contributed by atoms with Gasteiger partial charge in [-0.15, -0.1) is 0 Å². The summed E-state index contributed by atoms with van der Waals surface area (Å²) in [6, 6.07) is 22.0. The Kier molecular flexibility index (Phi) is 4.85. The Morgan fingerprint density at radius 2 is 1.06 bits per heavy atom. The van der Waals surface area contributed by atoms with Crippen molar-refractivity contribution in [2.24, 2.45) is 0 Å². The fourth-order valence-corrected chi connectivity index (χ4v) is 4.43. The zero-order valence-electron chi connectivity index (χ0n) is 17.0. The molecule has 165 valence electrons. The van der Waals surface area contributed by atoms with Gasteiger partial charge in [-0.25, -0.2) is 0 Å². The first-order chi connectivity index (χ1) is 15.6. The molecule has 0 heterocycles. The van der Waals surface area contributed by atoms with Crippen molar-refractivity contribution in [2.75, 3.05) is 0 Å². The van der Waals surface area contributed by atoms with Gasteiger partial charge in [0.05, 0.1) is 11.1 Å². The molecule has 0 saturated carbocycles. The third-order valence-corrected chi connectivity index (χ3v) is 5.86. The van der Waals surface area contributed by atoms with Crippen LogP contribution >= 0.6 is 0 Å². The number of benzene rings is 4. The molecule has 0 bridgehead atoms. The van der Waals surface area contributed by atoms with Gasteiger partial charge in [0, 0.05) is 0 Å². The van der Waals surface area contributed by atoms with Gasteiger partial charge < -0.3 is 0 Å². The fourth-order valence-electron chi connectivity index (χ4n) is 4.43. The van der Waals surface area contributed by atoms with E-state index in [4.69, 9.17) is 0 Å². The Bertz CT molecular complexity index is 1360. The van der Waals surface area contributed by atoms with E-state index in [9.17, 15) is 26.3 Å². The predicted molar refractivity (Wildman–Crippen MR) is 114 cm³/mol. The first-order valence-corrected chi connectivity index (χ1v) is 10.2. The molecule has 4 aromatic carbocycles. The topological polar surface area (TPSA) is 0 Å². The van der Waals surface area contributed by atoms with E-state index in [2.05, 4.69) is 6.07 Å². The summed E-state index contributed by atoms with van der Waals surface area (Å²) >= 11 is 0. The van der Waals surface area contributed by atoms with Crippen molar-refractivity contribution in [3.63, 3.8) is 0 Å². The van der Waals surface area contributed by atoms with Gasteiger partial charge in [-0.3, -0.25) is 0 Å². The van der Waals surface area contributed by atoms with Crippen LogP contribution in [0, 0.1) is 6.07 Å². The minimum atomic E-state index is -4.67. The van der Waals surface area contributed by atoms with Gasteiger partial charge in [0.25, 0.3) is 0 Å². The number of halogens is 6. The third-order valence-electron chi connectivity index (χ3n) is 5.86. The molecule has 0 spiro atoms. The lowest BCUT2D eigenvalue weighted by molar-refractivity contribution is -0.138. The van der Waals surface area contributed by atoms with Crippen LogP contribution in [0.25, 0.3) is 33.4 Å². The highest BCUT2D eigenvalue weighted by atomic mass is 19.4. The standard InChI is InChI=1S/C27H15F6/c28-26(29,30)24-11-5-3-9-19(24)22-14-17-13-16-7-1-2-8-18(16)21(17)15-23(22)20-10-4-6-12-25(20)27(31,32)33/h1-12,15H,13H2. The molecule has 1 aliphatic carbocycles. The average Bonchev–Trinajstić information content (AvgIpc) is 3.15. The second-order valence-corrected chi connectivity index (χ2v) is 7.87. The third kappa shape index (κ3) is 3.69. The van der Waals surface area contributed by atoms with Crippen LogP contribution < -0.4 is 0 Å². The molecule has 5 rings (SSSR count). The number of hydrogen-bond acceptors (Lipinski definition) is 0. The molecule has 0 aliphatic heterocycles. The Morgan fingerprint density at radius 3 is 1.70 bits per heavy atom. The van der Waals surface area contributed by atoms with Crippen LogP contribution in [0.4, 0.5) is 26.3 Å². The number of rotatable bonds is 2. The van der Waals surface area contributed by atoms with Crippen LogP contribution in [0.1, 0.15) is 22.3 Å². The van der Waals surface area contributed by atoms with Crippen molar-refractivity contribution >= 4 is 0 Å². The molecule has 6 heteroatoms. The fraction of sp³-hybridized carbons (Fsp3) is 0.111. The number of alkyl halides is 6. The summed E-state index contributed by atoms with van der Waals surface area (Å²) in [4.78, 5) is 0. The molecule has 0 nitrogen and oxygen atoms in total. The SMILES string of the molecule is FC(F)(F)c1ccccc1-c1[c]c2c(cc1-c1ccccc1C(F)(F)F)-c1ccccc1C2. The van der Waals surface area contributed by atoms with Crippen molar-refractivity contribution in [1.29, 1.82) is 0 Å². The predicted octanol–water partition coefficient (Wildman–Crippen LogP) is 8.43. The summed E-state index contributed by atoms with van der Waals surface area (Å²) < 4.78 is 83.1. The lowest BCUT2D eigenvalue weighted by Crippen LogP contribution is -2.09. The molecule has 0 unspecified atom stereocenters. The smallest absolute Gasteiger partial charge is 0.166 e. The van der Waals surface area contributed by atoms with E-state index in [0.717, 1.165) is 23.3 Å². The Morgan fingerprint density at radius 1 is 0.545 bits per heavy atom. The molecule has 0 aromatic heterocycles. The summed E-state index contributed by atoms with van der Waals surface area (Å²) in [5.74, 6) is 0. The summed E-state index contributed by atoms with van der Waals surface area (Å²) in [5.41, 5.74) is 1.03. The van der Waals surface area contributed by atoms with Crippen LogP contribution in [-0.4, -0.2) is 0 Å². The van der Waals surface area contributed by atoms with E-state index in [1.807, 2.05) is 24.3 Å². The highest BCUT2D eigenvalue weighted by Crippen LogP contribution is 2.48. The molecule has 0 atom stereocenters. The van der Waals surface area contributed by atoms with E-state index in [0.29, 0.717) is 17.5 Å². The second-order valence-electron chi connectivity index (χ2n) is 7.87. The first-order valence-electron chi connectivity index (χ1n) is 10.2. The summed E-state index contributed by atoms with van der Waals surface area (Å²) in [5, 5.41) is 0. The van der Waals surface area contributed by atoms with Gasteiger partial charge in [-0.2, -0.15) is 26.3 Å². The van der Waals surface area contributed by atoms with Gasteiger partial charge >= 0.3 is 12.4 Å². The Hall–Kier alpha value is -3.54. The maximum absolute atomic E-state index is 13.9. The molecule has 0 fully saturated rings. The molecule has 1 aliphatic rings. The van der Waals surface area contributed by atoms with Crippen LogP contribution in [0.2, 0.25) is 0 Å². The Balaban J connectivity index is 1.86. The van der Waals surface area contributed by atoms with Gasteiger partial charge in [0.2, 0.25) is 0 Å². The maximum Gasteiger partial charge on any atom is 0.417 e. The van der Waals surface area contributed by atoms with Crippen molar-refractivity contribution in [3.05, 3.63) is 107 Å². The van der Waals surface area contributed by atoms with E-state index >= 15 is 0 Å². The van der Waals surface area contributed by atoms with Crippen molar-refractivity contribution in [1.82, 2.24) is 0 Å². The molecule has 33 heavy (non-hydrogen) atoms. The number of hydrogen-bond donors (Lipinski definition) is 0. The highest BCUT2D eigenvalue weighted by molar-refractivity contribution is 5.92. The molecular formula is C27H15F6. The van der Waals surface area contributed by atoms with Gasteiger partial charge in [0.1, 0.15) is 0 Å². The molecule has 0 amide bonds. The van der Waals surface area contributed by atoms with Gasteiger partial charge in [-0.05, 0) is 75.2 Å². The van der Waals surface area contributed by atoms with E-state index in [1.165, 1.54) is 36.4 Å². The zero-order valence-corrected chi connectivity index (χ0v) is 17.0. The van der Waals surface area contributed by atoms with E-state index in [1.54, 1.807) is 6.07 Å². The second kappa shape index (κ2) is 7.51. The molecule has 1 radical (unpaired) electrons.